The maximum absolute atomic E-state index is 3.80. The average Bonchev–Trinajstić information content (AvgIpc) is 2.36. The Bertz CT molecular complexity index is 332. The van der Waals surface area contributed by atoms with Gasteiger partial charge in [-0.3, -0.25) is 4.90 Å². The first-order chi connectivity index (χ1) is 10.1. The maximum atomic E-state index is 3.80. The van der Waals surface area contributed by atoms with E-state index in [1.54, 1.807) is 0 Å². The lowest BCUT2D eigenvalue weighted by molar-refractivity contribution is 0.0670. The second-order valence-corrected chi connectivity index (χ2v) is 9.59. The summed E-state index contributed by atoms with van der Waals surface area (Å²) in [6.45, 7) is 20.3. The lowest BCUT2D eigenvalue weighted by Gasteiger charge is -2.43. The van der Waals surface area contributed by atoms with Gasteiger partial charge < -0.3 is 10.2 Å². The maximum Gasteiger partial charge on any atom is 0.0200 e. The van der Waals surface area contributed by atoms with Gasteiger partial charge in [0.15, 0.2) is 0 Å². The van der Waals surface area contributed by atoms with Crippen LogP contribution in [0.15, 0.2) is 0 Å². The fraction of sp³-hybridized carbons (Fsp3) is 1.00. The van der Waals surface area contributed by atoms with Gasteiger partial charge in [0.25, 0.3) is 0 Å². The van der Waals surface area contributed by atoms with Crippen molar-refractivity contribution < 1.29 is 0 Å². The summed E-state index contributed by atoms with van der Waals surface area (Å²) >= 11 is 0. The molecule has 0 bridgehead atoms. The minimum absolute atomic E-state index is 0.242. The number of likely N-dealkylation sites (tertiary alicyclic amines) is 2. The molecule has 2 heterocycles. The van der Waals surface area contributed by atoms with Gasteiger partial charge in [-0.1, -0.05) is 0 Å². The van der Waals surface area contributed by atoms with Crippen LogP contribution in [0, 0.1) is 5.92 Å². The zero-order valence-corrected chi connectivity index (χ0v) is 15.9. The fourth-order valence-electron chi connectivity index (χ4n) is 4.10. The van der Waals surface area contributed by atoms with Gasteiger partial charge in [-0.05, 0) is 92.8 Å². The van der Waals surface area contributed by atoms with E-state index in [0.717, 1.165) is 5.92 Å². The third-order valence-corrected chi connectivity index (χ3v) is 5.22. The number of piperidine rings is 2. The van der Waals surface area contributed by atoms with Crippen LogP contribution >= 0.6 is 0 Å². The van der Waals surface area contributed by atoms with Crippen LogP contribution in [0.4, 0.5) is 0 Å². The van der Waals surface area contributed by atoms with E-state index in [4.69, 9.17) is 0 Å². The first-order valence-electron chi connectivity index (χ1n) is 9.38. The van der Waals surface area contributed by atoms with E-state index >= 15 is 0 Å². The van der Waals surface area contributed by atoms with Crippen LogP contribution < -0.4 is 5.32 Å². The number of rotatable bonds is 3. The molecule has 0 amide bonds. The van der Waals surface area contributed by atoms with Gasteiger partial charge in [0.2, 0.25) is 0 Å². The minimum Gasteiger partial charge on any atom is -0.308 e. The summed E-state index contributed by atoms with van der Waals surface area (Å²) in [5.41, 5.74) is 0.587. The molecule has 2 fully saturated rings. The Kier molecular flexibility index (Phi) is 5.95. The van der Waals surface area contributed by atoms with Crippen molar-refractivity contribution in [1.29, 1.82) is 0 Å². The highest BCUT2D eigenvalue weighted by molar-refractivity contribution is 4.87. The molecule has 0 aromatic rings. The topological polar surface area (TPSA) is 18.5 Å². The van der Waals surface area contributed by atoms with Gasteiger partial charge in [0.05, 0.1) is 0 Å². The molecule has 0 aromatic carbocycles. The molecule has 0 radical (unpaired) electrons. The van der Waals surface area contributed by atoms with Crippen molar-refractivity contribution in [2.24, 2.45) is 5.92 Å². The predicted octanol–water partition coefficient (Wildman–Crippen LogP) is 3.35. The number of nitrogens with zero attached hydrogens (tertiary/aromatic N) is 2. The van der Waals surface area contributed by atoms with E-state index < -0.39 is 0 Å². The number of hydrogen-bond donors (Lipinski definition) is 1. The Balaban J connectivity index is 1.75. The van der Waals surface area contributed by atoms with E-state index in [9.17, 15) is 0 Å². The van der Waals surface area contributed by atoms with Crippen molar-refractivity contribution in [1.82, 2.24) is 15.1 Å². The third kappa shape index (κ3) is 5.82. The number of hydrogen-bond acceptors (Lipinski definition) is 3. The molecule has 0 unspecified atom stereocenters. The van der Waals surface area contributed by atoms with Crippen molar-refractivity contribution in [3.63, 3.8) is 0 Å². The quantitative estimate of drug-likeness (QED) is 0.862. The lowest BCUT2D eigenvalue weighted by Crippen LogP contribution is -2.53. The van der Waals surface area contributed by atoms with Gasteiger partial charge >= 0.3 is 0 Å². The molecule has 22 heavy (non-hydrogen) atoms. The second-order valence-electron chi connectivity index (χ2n) is 9.59. The second kappa shape index (κ2) is 7.19. The summed E-state index contributed by atoms with van der Waals surface area (Å²) < 4.78 is 0. The molecule has 0 saturated carbocycles. The molecule has 1 atom stereocenters. The zero-order valence-electron chi connectivity index (χ0n) is 15.9. The molecule has 2 aliphatic heterocycles. The monoisotopic (exact) mass is 309 g/mol. The van der Waals surface area contributed by atoms with E-state index in [1.165, 1.54) is 58.4 Å². The molecule has 1 N–H and O–H groups in total. The van der Waals surface area contributed by atoms with Gasteiger partial charge in [-0.15, -0.1) is 0 Å². The molecule has 0 aliphatic carbocycles. The molecule has 3 heteroatoms. The number of nitrogens with one attached hydrogen (secondary N) is 1. The predicted molar refractivity (Wildman–Crippen MR) is 96.4 cm³/mol. The van der Waals surface area contributed by atoms with Crippen LogP contribution in [-0.4, -0.2) is 59.6 Å². The summed E-state index contributed by atoms with van der Waals surface area (Å²) in [7, 11) is 0. The van der Waals surface area contributed by atoms with E-state index in [-0.39, 0.29) is 5.54 Å². The normalized spacial score (nSPS) is 27.3. The van der Waals surface area contributed by atoms with Gasteiger partial charge in [0.1, 0.15) is 0 Å². The Morgan fingerprint density at radius 1 is 0.909 bits per heavy atom. The van der Waals surface area contributed by atoms with Crippen molar-refractivity contribution in [2.75, 3.05) is 32.7 Å². The Morgan fingerprint density at radius 2 is 1.55 bits per heavy atom. The van der Waals surface area contributed by atoms with Crippen LogP contribution in [0.25, 0.3) is 0 Å². The minimum atomic E-state index is 0.242. The van der Waals surface area contributed by atoms with Crippen molar-refractivity contribution >= 4 is 0 Å². The largest absolute Gasteiger partial charge is 0.308 e. The van der Waals surface area contributed by atoms with E-state index in [2.05, 4.69) is 56.7 Å². The van der Waals surface area contributed by atoms with Crippen molar-refractivity contribution in [3.05, 3.63) is 0 Å². The molecule has 3 nitrogen and oxygen atoms in total. The molecule has 130 valence electrons. The van der Waals surface area contributed by atoms with E-state index in [1.807, 2.05) is 0 Å². The Hall–Kier alpha value is -0.120. The first-order valence-corrected chi connectivity index (χ1v) is 9.38. The van der Waals surface area contributed by atoms with Crippen LogP contribution in [0.1, 0.15) is 67.2 Å². The SMILES string of the molecule is CC(C)(C)N[C@H]1CCCN(CC2CCN(C(C)(C)C)CC2)C1. The van der Waals surface area contributed by atoms with Crippen LogP contribution in [0.2, 0.25) is 0 Å². The standard InChI is InChI=1S/C19H39N3/c1-18(2,3)20-17-8-7-11-21(15-17)14-16-9-12-22(13-10-16)19(4,5)6/h16-17,20H,7-15H2,1-6H3/t17-/m0/s1. The highest BCUT2D eigenvalue weighted by Crippen LogP contribution is 2.25. The van der Waals surface area contributed by atoms with Gasteiger partial charge in [-0.25, -0.2) is 0 Å². The summed E-state index contributed by atoms with van der Waals surface area (Å²) in [5.74, 6) is 0.909. The smallest absolute Gasteiger partial charge is 0.0200 e. The molecule has 2 saturated heterocycles. The molecule has 2 aliphatic rings. The molecule has 2 rings (SSSR count). The zero-order chi connectivity index (χ0) is 16.4. The third-order valence-electron chi connectivity index (χ3n) is 5.22. The summed E-state index contributed by atoms with van der Waals surface area (Å²) in [5, 5.41) is 3.80. The van der Waals surface area contributed by atoms with Gasteiger partial charge in [0, 0.05) is 30.2 Å². The summed E-state index contributed by atoms with van der Waals surface area (Å²) in [6, 6.07) is 0.684. The first kappa shape index (κ1) is 18.2. The van der Waals surface area contributed by atoms with Crippen LogP contribution in [0.5, 0.6) is 0 Å². The van der Waals surface area contributed by atoms with Crippen LogP contribution in [0.3, 0.4) is 0 Å². The highest BCUT2D eigenvalue weighted by Gasteiger charge is 2.29. The van der Waals surface area contributed by atoms with Crippen molar-refractivity contribution in [3.8, 4) is 0 Å². The fourth-order valence-corrected chi connectivity index (χ4v) is 4.10. The van der Waals surface area contributed by atoms with E-state index in [0.29, 0.717) is 11.6 Å². The summed E-state index contributed by atoms with van der Waals surface area (Å²) in [4.78, 5) is 5.38. The molecule has 0 spiro atoms. The molecular weight excluding hydrogens is 270 g/mol. The Labute approximate surface area is 138 Å². The Morgan fingerprint density at radius 3 is 2.09 bits per heavy atom. The van der Waals surface area contributed by atoms with Crippen molar-refractivity contribution in [2.45, 2.75) is 84.3 Å². The average molecular weight is 310 g/mol. The molecular formula is C19H39N3. The van der Waals surface area contributed by atoms with Crippen LogP contribution in [-0.2, 0) is 0 Å². The summed E-state index contributed by atoms with van der Waals surface area (Å²) in [6.07, 6.45) is 5.46. The highest BCUT2D eigenvalue weighted by atomic mass is 15.2. The lowest BCUT2D eigenvalue weighted by atomic mass is 9.91. The van der Waals surface area contributed by atoms with Gasteiger partial charge in [-0.2, -0.15) is 0 Å². The molecule has 0 aromatic heterocycles.